The van der Waals surface area contributed by atoms with Crippen LogP contribution in [0.2, 0.25) is 0 Å². The summed E-state index contributed by atoms with van der Waals surface area (Å²) in [7, 11) is -3.86. The van der Waals surface area contributed by atoms with Gasteiger partial charge in [-0.25, -0.2) is 27.4 Å². The van der Waals surface area contributed by atoms with E-state index in [1.54, 1.807) is 23.0 Å². The number of hydrogen-bond acceptors (Lipinski definition) is 7. The summed E-state index contributed by atoms with van der Waals surface area (Å²) < 4.78 is 37.0. The van der Waals surface area contributed by atoms with Crippen LogP contribution < -0.4 is 10.5 Å². The van der Waals surface area contributed by atoms with Gasteiger partial charge in [0.2, 0.25) is 10.0 Å². The van der Waals surface area contributed by atoms with Gasteiger partial charge in [-0.15, -0.1) is 11.3 Å². The number of aromatic nitrogens is 3. The molecule has 38 heavy (non-hydrogen) atoms. The van der Waals surface area contributed by atoms with Gasteiger partial charge < -0.3 is 10.5 Å². The summed E-state index contributed by atoms with van der Waals surface area (Å²) in [5.41, 5.74) is 7.63. The summed E-state index contributed by atoms with van der Waals surface area (Å²) in [6.07, 6.45) is 7.58. The van der Waals surface area contributed by atoms with Crippen molar-refractivity contribution in [2.24, 2.45) is 5.73 Å². The maximum absolute atomic E-state index is 13.7. The van der Waals surface area contributed by atoms with E-state index in [1.165, 1.54) is 11.3 Å². The Morgan fingerprint density at radius 1 is 1.11 bits per heavy atom. The van der Waals surface area contributed by atoms with Crippen LogP contribution in [-0.2, 0) is 14.8 Å². The third-order valence-corrected chi connectivity index (χ3v) is 9.54. The Balaban J connectivity index is 1.51. The predicted octanol–water partition coefficient (Wildman–Crippen LogP) is 5.32. The molecule has 3 aromatic heterocycles. The fourth-order valence-electron chi connectivity index (χ4n) is 4.92. The first-order chi connectivity index (χ1) is 18.0. The number of hydrogen-bond donors (Lipinski definition) is 2. The Morgan fingerprint density at radius 2 is 1.87 bits per heavy atom. The molecular formula is C27H31N5O4S2. The van der Waals surface area contributed by atoms with Gasteiger partial charge in [0.25, 0.3) is 0 Å². The number of nitrogens with two attached hydrogens (primary N) is 1. The van der Waals surface area contributed by atoms with Crippen molar-refractivity contribution < 1.29 is 17.9 Å². The molecule has 1 aromatic carbocycles. The lowest BCUT2D eigenvalue weighted by atomic mass is 9.88. The summed E-state index contributed by atoms with van der Waals surface area (Å²) >= 11 is 1.51. The average molecular weight is 554 g/mol. The lowest BCUT2D eigenvalue weighted by Crippen LogP contribution is -2.40. The topological polar surface area (TPSA) is 129 Å². The molecule has 1 saturated carbocycles. The molecule has 0 aliphatic heterocycles. The highest BCUT2D eigenvalue weighted by molar-refractivity contribution is 7.89. The van der Waals surface area contributed by atoms with Crippen LogP contribution in [0.15, 0.2) is 59.9 Å². The van der Waals surface area contributed by atoms with Crippen LogP contribution in [0.4, 0.5) is 4.79 Å². The Morgan fingerprint density at radius 3 is 2.58 bits per heavy atom. The van der Waals surface area contributed by atoms with Gasteiger partial charge in [-0.05, 0) is 70.2 Å². The molecule has 1 amide bonds. The third kappa shape index (κ3) is 5.59. The van der Waals surface area contributed by atoms with E-state index in [0.29, 0.717) is 5.56 Å². The highest BCUT2D eigenvalue weighted by Crippen LogP contribution is 2.41. The average Bonchev–Trinajstić information content (AvgIpc) is 3.50. The zero-order valence-electron chi connectivity index (χ0n) is 21.5. The summed E-state index contributed by atoms with van der Waals surface area (Å²) in [5, 5.41) is 5.37. The number of carbonyl (C=O) groups excluding carboxylic acids is 1. The van der Waals surface area contributed by atoms with Gasteiger partial charge >= 0.3 is 6.09 Å². The number of nitrogens with zero attached hydrogens (tertiary/aromatic N) is 3. The number of amides is 1. The van der Waals surface area contributed by atoms with Crippen molar-refractivity contribution in [3.63, 3.8) is 0 Å². The number of primary amides is 1. The van der Waals surface area contributed by atoms with Crippen LogP contribution in [0.5, 0.6) is 0 Å². The smallest absolute Gasteiger partial charge is 0.404 e. The maximum Gasteiger partial charge on any atom is 0.404 e. The molecule has 4 aromatic rings. The van der Waals surface area contributed by atoms with Crippen molar-refractivity contribution in [2.45, 2.75) is 68.9 Å². The fraction of sp³-hybridized carbons (Fsp3) is 0.370. The van der Waals surface area contributed by atoms with Gasteiger partial charge in [0.1, 0.15) is 6.10 Å². The van der Waals surface area contributed by atoms with Crippen LogP contribution in [0.3, 0.4) is 0 Å². The summed E-state index contributed by atoms with van der Waals surface area (Å²) in [5.74, 6) is 0.229. The molecule has 0 spiro atoms. The molecule has 0 unspecified atom stereocenters. The minimum Gasteiger partial charge on any atom is -0.446 e. The minimum atomic E-state index is -3.86. The van der Waals surface area contributed by atoms with E-state index in [-0.39, 0.29) is 16.9 Å². The van der Waals surface area contributed by atoms with E-state index < -0.39 is 21.7 Å². The number of pyridine rings is 1. The standard InChI is InChI=1S/C27H31N5O4S2/c1-27(2,3)31-38(34,35)24-14-18(21-15-30-32-13-5-4-6-22(21)32)9-12-20(24)23-16-29-25(37-23)17-7-10-19(11-8-17)36-26(28)33/h4-6,9,12-17,19,31H,7-8,10-11H2,1-3H3,(H2,28,33)/t17-,19-. The van der Waals surface area contributed by atoms with Crippen molar-refractivity contribution in [1.29, 1.82) is 0 Å². The Bertz CT molecular complexity index is 1580. The Hall–Kier alpha value is -3.28. The first kappa shape index (κ1) is 26.3. The molecule has 5 rings (SSSR count). The Labute approximate surface area is 226 Å². The molecule has 0 bridgehead atoms. The first-order valence-electron chi connectivity index (χ1n) is 12.5. The number of carbonyl (C=O) groups is 1. The minimum absolute atomic E-state index is 0.157. The van der Waals surface area contributed by atoms with Gasteiger partial charge in [0.05, 0.1) is 26.5 Å². The second kappa shape index (κ2) is 10.1. The van der Waals surface area contributed by atoms with Gasteiger partial charge in [-0.2, -0.15) is 5.10 Å². The number of thiazole rings is 1. The van der Waals surface area contributed by atoms with Crippen molar-refractivity contribution in [2.75, 3.05) is 0 Å². The van der Waals surface area contributed by atoms with Crippen molar-refractivity contribution in [1.82, 2.24) is 19.3 Å². The van der Waals surface area contributed by atoms with Crippen LogP contribution in [-0.4, -0.2) is 40.8 Å². The molecule has 11 heteroatoms. The van der Waals surface area contributed by atoms with Gasteiger partial charge in [-0.3, -0.25) is 0 Å². The van der Waals surface area contributed by atoms with Crippen molar-refractivity contribution >= 4 is 33.0 Å². The lowest BCUT2D eigenvalue weighted by Gasteiger charge is -2.26. The van der Waals surface area contributed by atoms with E-state index in [9.17, 15) is 13.2 Å². The fourth-order valence-corrected chi connectivity index (χ4v) is 7.78. The number of benzene rings is 1. The normalized spacial score (nSPS) is 18.5. The van der Waals surface area contributed by atoms with E-state index in [1.807, 2.05) is 57.3 Å². The molecule has 0 saturated heterocycles. The molecule has 0 atom stereocenters. The molecular weight excluding hydrogens is 522 g/mol. The predicted molar refractivity (Wildman–Crippen MR) is 147 cm³/mol. The van der Waals surface area contributed by atoms with Crippen LogP contribution in [0.1, 0.15) is 57.4 Å². The number of fused-ring (bicyclic) bond motifs is 1. The lowest BCUT2D eigenvalue weighted by molar-refractivity contribution is 0.0787. The summed E-state index contributed by atoms with van der Waals surface area (Å²) in [6.45, 7) is 5.47. The molecule has 1 aliphatic rings. The maximum atomic E-state index is 13.7. The molecule has 3 heterocycles. The molecule has 1 fully saturated rings. The number of ether oxygens (including phenoxy) is 1. The number of nitrogens with one attached hydrogen (secondary N) is 1. The summed E-state index contributed by atoms with van der Waals surface area (Å²) in [6, 6.07) is 11.3. The molecule has 0 radical (unpaired) electrons. The Kier molecular flexibility index (Phi) is 7.01. The van der Waals surface area contributed by atoms with Crippen molar-refractivity contribution in [3.05, 3.63) is 60.0 Å². The molecule has 9 nitrogen and oxygen atoms in total. The highest BCUT2D eigenvalue weighted by atomic mass is 32.2. The number of rotatable bonds is 6. The molecule has 1 aliphatic carbocycles. The zero-order valence-corrected chi connectivity index (χ0v) is 23.2. The number of sulfonamides is 1. The zero-order chi connectivity index (χ0) is 27.1. The van der Waals surface area contributed by atoms with E-state index in [4.69, 9.17) is 10.5 Å². The SMILES string of the molecule is CC(C)(C)NS(=O)(=O)c1cc(-c2cnn3ccccc23)ccc1-c1cnc([C@H]2CC[C@H](OC(N)=O)CC2)s1. The summed E-state index contributed by atoms with van der Waals surface area (Å²) in [4.78, 5) is 16.7. The van der Waals surface area contributed by atoms with E-state index in [0.717, 1.165) is 52.2 Å². The van der Waals surface area contributed by atoms with Crippen molar-refractivity contribution in [3.8, 4) is 21.6 Å². The van der Waals surface area contributed by atoms with Gasteiger partial charge in [0, 0.05) is 35.0 Å². The van der Waals surface area contributed by atoms with Crippen LogP contribution in [0.25, 0.3) is 27.1 Å². The quantitative estimate of drug-likeness (QED) is 0.332. The monoisotopic (exact) mass is 553 g/mol. The van der Waals surface area contributed by atoms with Gasteiger partial charge in [0.15, 0.2) is 0 Å². The van der Waals surface area contributed by atoms with E-state index in [2.05, 4.69) is 14.8 Å². The van der Waals surface area contributed by atoms with Gasteiger partial charge in [-0.1, -0.05) is 18.2 Å². The first-order valence-corrected chi connectivity index (χ1v) is 14.8. The highest BCUT2D eigenvalue weighted by Gasteiger charge is 2.29. The largest absolute Gasteiger partial charge is 0.446 e. The molecule has 200 valence electrons. The molecule has 3 N–H and O–H groups in total. The van der Waals surface area contributed by atoms with Crippen LogP contribution >= 0.6 is 11.3 Å². The second-order valence-electron chi connectivity index (χ2n) is 10.6. The van der Waals surface area contributed by atoms with Crippen LogP contribution in [0, 0.1) is 0 Å². The third-order valence-electron chi connectivity index (χ3n) is 6.54. The second-order valence-corrected chi connectivity index (χ2v) is 13.3. The van der Waals surface area contributed by atoms with E-state index >= 15 is 0 Å².